The summed E-state index contributed by atoms with van der Waals surface area (Å²) in [5.74, 6) is 0.808. The monoisotopic (exact) mass is 301 g/mol. The second kappa shape index (κ2) is 5.69. The molecule has 6 heteroatoms. The van der Waals surface area contributed by atoms with Crippen LogP contribution in [0.1, 0.15) is 20.3 Å². The number of anilines is 1. The molecule has 0 fully saturated rings. The number of rotatable bonds is 4. The van der Waals surface area contributed by atoms with E-state index in [0.29, 0.717) is 11.1 Å². The minimum Gasteiger partial charge on any atom is -0.367 e. The Morgan fingerprint density at radius 2 is 2.19 bits per heavy atom. The molecule has 3 aromatic rings. The number of benzene rings is 1. The van der Waals surface area contributed by atoms with Gasteiger partial charge < -0.3 is 5.32 Å². The van der Waals surface area contributed by atoms with Crippen molar-refractivity contribution in [3.8, 4) is 5.69 Å². The molecule has 0 unspecified atom stereocenters. The standard InChI is InChI=1S/C15H16ClN5/c1-3-10(2)20-14-13-8-19-21(15(13)18-9-17-14)12-6-4-5-11(16)7-12/h4-10H,3H2,1-2H3,(H,17,18,20)/t10-/m1/s1. The summed E-state index contributed by atoms with van der Waals surface area (Å²) in [6, 6.07) is 7.88. The number of hydrogen-bond acceptors (Lipinski definition) is 4. The fourth-order valence-corrected chi connectivity index (χ4v) is 2.28. The Bertz CT molecular complexity index is 768. The van der Waals surface area contributed by atoms with Gasteiger partial charge in [0.2, 0.25) is 0 Å². The van der Waals surface area contributed by atoms with Gasteiger partial charge in [-0.3, -0.25) is 0 Å². The lowest BCUT2D eigenvalue weighted by molar-refractivity contribution is 0.760. The van der Waals surface area contributed by atoms with Gasteiger partial charge in [0.05, 0.1) is 17.3 Å². The summed E-state index contributed by atoms with van der Waals surface area (Å²) in [5, 5.41) is 9.37. The predicted octanol–water partition coefficient (Wildman–Crippen LogP) is 3.68. The summed E-state index contributed by atoms with van der Waals surface area (Å²) in [6.07, 6.45) is 4.35. The zero-order valence-electron chi connectivity index (χ0n) is 11.9. The van der Waals surface area contributed by atoms with Crippen LogP contribution in [0.3, 0.4) is 0 Å². The molecule has 1 aromatic carbocycles. The van der Waals surface area contributed by atoms with E-state index in [1.807, 2.05) is 24.3 Å². The normalized spacial score (nSPS) is 12.5. The van der Waals surface area contributed by atoms with Crippen molar-refractivity contribution in [2.75, 3.05) is 5.32 Å². The van der Waals surface area contributed by atoms with Crippen LogP contribution < -0.4 is 5.32 Å². The van der Waals surface area contributed by atoms with Crippen molar-refractivity contribution < 1.29 is 0 Å². The van der Waals surface area contributed by atoms with Crippen molar-refractivity contribution in [1.29, 1.82) is 0 Å². The van der Waals surface area contributed by atoms with E-state index in [9.17, 15) is 0 Å². The molecule has 21 heavy (non-hydrogen) atoms. The molecule has 3 rings (SSSR count). The molecule has 0 aliphatic rings. The highest BCUT2D eigenvalue weighted by atomic mass is 35.5. The first-order valence-corrected chi connectivity index (χ1v) is 7.28. The number of aromatic nitrogens is 4. The molecular formula is C15H16ClN5. The molecule has 0 saturated carbocycles. The van der Waals surface area contributed by atoms with E-state index in [2.05, 4.69) is 34.2 Å². The largest absolute Gasteiger partial charge is 0.367 e. The Morgan fingerprint density at radius 1 is 1.33 bits per heavy atom. The summed E-state index contributed by atoms with van der Waals surface area (Å²) in [5.41, 5.74) is 1.64. The van der Waals surface area contributed by atoms with Crippen molar-refractivity contribution in [2.45, 2.75) is 26.3 Å². The minimum atomic E-state index is 0.345. The third-order valence-corrected chi connectivity index (χ3v) is 3.65. The molecule has 108 valence electrons. The molecule has 0 radical (unpaired) electrons. The van der Waals surface area contributed by atoms with Gasteiger partial charge in [-0.15, -0.1) is 0 Å². The Balaban J connectivity index is 2.09. The first-order valence-electron chi connectivity index (χ1n) is 6.90. The highest BCUT2D eigenvalue weighted by molar-refractivity contribution is 6.30. The first-order chi connectivity index (χ1) is 10.2. The van der Waals surface area contributed by atoms with E-state index >= 15 is 0 Å². The number of nitrogens with zero attached hydrogens (tertiary/aromatic N) is 4. The number of nitrogens with one attached hydrogen (secondary N) is 1. The van der Waals surface area contributed by atoms with Gasteiger partial charge in [0, 0.05) is 11.1 Å². The maximum absolute atomic E-state index is 6.05. The number of fused-ring (bicyclic) bond motifs is 1. The number of halogens is 1. The highest BCUT2D eigenvalue weighted by Crippen LogP contribution is 2.23. The Labute approximate surface area is 128 Å². The van der Waals surface area contributed by atoms with Crippen molar-refractivity contribution >= 4 is 28.5 Å². The van der Waals surface area contributed by atoms with Crippen molar-refractivity contribution in [1.82, 2.24) is 19.7 Å². The van der Waals surface area contributed by atoms with E-state index in [1.54, 1.807) is 17.2 Å². The van der Waals surface area contributed by atoms with Gasteiger partial charge in [0.15, 0.2) is 5.65 Å². The summed E-state index contributed by atoms with van der Waals surface area (Å²) in [6.45, 7) is 4.25. The fourth-order valence-electron chi connectivity index (χ4n) is 2.09. The molecule has 0 aliphatic carbocycles. The van der Waals surface area contributed by atoms with Gasteiger partial charge in [0.25, 0.3) is 0 Å². The quantitative estimate of drug-likeness (QED) is 0.798. The van der Waals surface area contributed by atoms with Crippen LogP contribution in [0.25, 0.3) is 16.7 Å². The van der Waals surface area contributed by atoms with Gasteiger partial charge >= 0.3 is 0 Å². The summed E-state index contributed by atoms with van der Waals surface area (Å²) >= 11 is 6.05. The lowest BCUT2D eigenvalue weighted by Gasteiger charge is -2.12. The van der Waals surface area contributed by atoms with E-state index < -0.39 is 0 Å². The molecule has 0 saturated heterocycles. The Hall–Kier alpha value is -2.14. The zero-order chi connectivity index (χ0) is 14.8. The van der Waals surface area contributed by atoms with Crippen molar-refractivity contribution in [3.63, 3.8) is 0 Å². The molecule has 2 aromatic heterocycles. The summed E-state index contributed by atoms with van der Waals surface area (Å²) in [4.78, 5) is 8.67. The van der Waals surface area contributed by atoms with Crippen LogP contribution >= 0.6 is 11.6 Å². The molecule has 1 atom stereocenters. The molecule has 0 aliphatic heterocycles. The molecule has 0 spiro atoms. The van der Waals surface area contributed by atoms with Crippen LogP contribution in [0.4, 0.5) is 5.82 Å². The minimum absolute atomic E-state index is 0.345. The van der Waals surface area contributed by atoms with Crippen LogP contribution in [0, 0.1) is 0 Å². The van der Waals surface area contributed by atoms with Gasteiger partial charge in [-0.1, -0.05) is 24.6 Å². The second-order valence-electron chi connectivity index (χ2n) is 4.95. The topological polar surface area (TPSA) is 55.6 Å². The average molecular weight is 302 g/mol. The molecule has 0 amide bonds. The number of hydrogen-bond donors (Lipinski definition) is 1. The molecule has 5 nitrogen and oxygen atoms in total. The Morgan fingerprint density at radius 3 is 2.95 bits per heavy atom. The summed E-state index contributed by atoms with van der Waals surface area (Å²) in [7, 11) is 0. The van der Waals surface area contributed by atoms with Gasteiger partial charge in [0.1, 0.15) is 12.1 Å². The van der Waals surface area contributed by atoms with Crippen LogP contribution in [0.2, 0.25) is 5.02 Å². The highest BCUT2D eigenvalue weighted by Gasteiger charge is 2.12. The van der Waals surface area contributed by atoms with E-state index in [1.165, 1.54) is 0 Å². The molecular weight excluding hydrogens is 286 g/mol. The molecule has 1 N–H and O–H groups in total. The van der Waals surface area contributed by atoms with E-state index in [0.717, 1.165) is 29.0 Å². The fraction of sp³-hybridized carbons (Fsp3) is 0.267. The Kier molecular flexibility index (Phi) is 3.75. The third kappa shape index (κ3) is 2.69. The lowest BCUT2D eigenvalue weighted by atomic mass is 10.2. The average Bonchev–Trinajstić information content (AvgIpc) is 2.92. The van der Waals surface area contributed by atoms with Crippen LogP contribution in [0.5, 0.6) is 0 Å². The maximum atomic E-state index is 6.05. The van der Waals surface area contributed by atoms with Crippen LogP contribution in [0.15, 0.2) is 36.8 Å². The second-order valence-corrected chi connectivity index (χ2v) is 5.39. The lowest BCUT2D eigenvalue weighted by Crippen LogP contribution is -2.14. The maximum Gasteiger partial charge on any atom is 0.168 e. The van der Waals surface area contributed by atoms with E-state index in [-0.39, 0.29) is 0 Å². The van der Waals surface area contributed by atoms with Crippen LogP contribution in [-0.4, -0.2) is 25.8 Å². The van der Waals surface area contributed by atoms with Gasteiger partial charge in [-0.25, -0.2) is 14.6 Å². The van der Waals surface area contributed by atoms with Crippen LogP contribution in [-0.2, 0) is 0 Å². The smallest absolute Gasteiger partial charge is 0.168 e. The van der Waals surface area contributed by atoms with E-state index in [4.69, 9.17) is 11.6 Å². The SMILES string of the molecule is CC[C@@H](C)Nc1ncnc2c1cnn2-c1cccc(Cl)c1. The van der Waals surface area contributed by atoms with Crippen molar-refractivity contribution in [3.05, 3.63) is 41.8 Å². The first kappa shape index (κ1) is 13.8. The third-order valence-electron chi connectivity index (χ3n) is 3.41. The van der Waals surface area contributed by atoms with Gasteiger partial charge in [-0.2, -0.15) is 5.10 Å². The van der Waals surface area contributed by atoms with Crippen molar-refractivity contribution in [2.24, 2.45) is 0 Å². The molecule has 2 heterocycles. The summed E-state index contributed by atoms with van der Waals surface area (Å²) < 4.78 is 1.77. The van der Waals surface area contributed by atoms with Gasteiger partial charge in [-0.05, 0) is 31.5 Å². The zero-order valence-corrected chi connectivity index (χ0v) is 12.7. The molecule has 0 bridgehead atoms. The predicted molar refractivity (Wildman–Crippen MR) is 85.0 cm³/mol.